The second kappa shape index (κ2) is 9.85. The molecule has 3 N–H and O–H groups in total. The molecule has 0 heterocycles. The molecule has 0 bridgehead atoms. The average molecular weight is 371 g/mol. The van der Waals surface area contributed by atoms with E-state index < -0.39 is 18.3 Å². The van der Waals surface area contributed by atoms with Crippen molar-refractivity contribution in [1.29, 1.82) is 0 Å². The van der Waals surface area contributed by atoms with Crippen LogP contribution in [0.25, 0.3) is 0 Å². The molecule has 0 aliphatic carbocycles. The molecule has 0 saturated carbocycles. The van der Waals surface area contributed by atoms with E-state index in [1.54, 1.807) is 25.1 Å². The van der Waals surface area contributed by atoms with Gasteiger partial charge in [-0.25, -0.2) is 4.79 Å². The van der Waals surface area contributed by atoms with E-state index in [0.29, 0.717) is 11.1 Å². The molecule has 1 amide bonds. The van der Waals surface area contributed by atoms with Crippen molar-refractivity contribution < 1.29 is 24.5 Å². The Bertz CT molecular complexity index is 775. The van der Waals surface area contributed by atoms with E-state index in [9.17, 15) is 19.8 Å². The van der Waals surface area contributed by atoms with Gasteiger partial charge in [-0.05, 0) is 43.0 Å². The predicted octanol–water partition coefficient (Wildman–Crippen LogP) is 2.91. The number of aliphatic hydroxyl groups is 2. The summed E-state index contributed by atoms with van der Waals surface area (Å²) < 4.78 is 5.08. The zero-order valence-corrected chi connectivity index (χ0v) is 15.5. The molecule has 6 heteroatoms. The van der Waals surface area contributed by atoms with E-state index in [4.69, 9.17) is 4.74 Å². The lowest BCUT2D eigenvalue weighted by molar-refractivity contribution is 0.0132. The molecule has 6 nitrogen and oxygen atoms in total. The molecule has 0 aliphatic rings. The minimum atomic E-state index is -1.15. The van der Waals surface area contributed by atoms with E-state index >= 15 is 0 Å². The molecular formula is C21H25NO5. The van der Waals surface area contributed by atoms with Crippen molar-refractivity contribution >= 4 is 11.9 Å². The molecule has 2 atom stereocenters. The third-order valence-corrected chi connectivity index (χ3v) is 4.29. The quantitative estimate of drug-likeness (QED) is 0.620. The van der Waals surface area contributed by atoms with E-state index in [1.807, 2.05) is 30.3 Å². The standard InChI is InChI=1S/C21H25NO5/c1-14-8-9-17(15(2)23)12-18(14)20(25)19(24)10-11-22-21(26)27-13-16-6-4-3-5-7-16/h3-9,12,19-20,24-25H,10-11,13H2,1-2H3,(H,22,26). The fourth-order valence-corrected chi connectivity index (χ4v) is 2.64. The lowest BCUT2D eigenvalue weighted by atomic mass is 9.95. The molecule has 2 aromatic rings. The van der Waals surface area contributed by atoms with Gasteiger partial charge in [-0.15, -0.1) is 0 Å². The van der Waals surface area contributed by atoms with E-state index in [1.165, 1.54) is 6.92 Å². The molecule has 0 spiro atoms. The number of carbonyl (C=O) groups is 2. The SMILES string of the molecule is CC(=O)c1ccc(C)c(C(O)C(O)CCNC(=O)OCc2ccccc2)c1. The third-order valence-electron chi connectivity index (χ3n) is 4.29. The molecule has 0 aromatic heterocycles. The number of amides is 1. The van der Waals surface area contributed by atoms with Gasteiger partial charge in [-0.1, -0.05) is 42.5 Å². The number of benzene rings is 2. The van der Waals surface area contributed by atoms with Crippen molar-refractivity contribution in [1.82, 2.24) is 5.32 Å². The van der Waals surface area contributed by atoms with Crippen LogP contribution < -0.4 is 5.32 Å². The van der Waals surface area contributed by atoms with Gasteiger partial charge >= 0.3 is 6.09 Å². The topological polar surface area (TPSA) is 95.9 Å². The van der Waals surface area contributed by atoms with Gasteiger partial charge in [0.05, 0.1) is 6.10 Å². The van der Waals surface area contributed by atoms with E-state index in [-0.39, 0.29) is 25.4 Å². The Labute approximate surface area is 158 Å². The van der Waals surface area contributed by atoms with Crippen molar-refractivity contribution in [2.75, 3.05) is 6.54 Å². The molecule has 0 aliphatic heterocycles. The maximum absolute atomic E-state index is 11.7. The van der Waals surface area contributed by atoms with Gasteiger partial charge in [0.2, 0.25) is 0 Å². The highest BCUT2D eigenvalue weighted by Crippen LogP contribution is 2.24. The summed E-state index contributed by atoms with van der Waals surface area (Å²) in [6, 6.07) is 14.3. The van der Waals surface area contributed by atoms with Crippen LogP contribution in [-0.4, -0.2) is 34.7 Å². The fourth-order valence-electron chi connectivity index (χ4n) is 2.64. The van der Waals surface area contributed by atoms with Gasteiger partial charge in [0, 0.05) is 12.1 Å². The van der Waals surface area contributed by atoms with Gasteiger partial charge in [0.15, 0.2) is 5.78 Å². The molecule has 2 aromatic carbocycles. The van der Waals surface area contributed by atoms with Gasteiger partial charge in [-0.2, -0.15) is 0 Å². The molecule has 0 saturated heterocycles. The zero-order valence-electron chi connectivity index (χ0n) is 15.5. The Morgan fingerprint density at radius 2 is 1.81 bits per heavy atom. The highest BCUT2D eigenvalue weighted by Gasteiger charge is 2.21. The van der Waals surface area contributed by atoms with Crippen molar-refractivity contribution in [3.05, 3.63) is 70.8 Å². The van der Waals surface area contributed by atoms with E-state index in [0.717, 1.165) is 11.1 Å². The normalized spacial score (nSPS) is 12.9. The van der Waals surface area contributed by atoms with Crippen LogP contribution in [0.2, 0.25) is 0 Å². The number of alkyl carbamates (subject to hydrolysis) is 1. The monoisotopic (exact) mass is 371 g/mol. The fraction of sp³-hybridized carbons (Fsp3) is 0.333. The second-order valence-corrected chi connectivity index (χ2v) is 6.42. The summed E-state index contributed by atoms with van der Waals surface area (Å²) in [5, 5.41) is 23.2. The summed E-state index contributed by atoms with van der Waals surface area (Å²) in [5.74, 6) is -0.110. The molecular weight excluding hydrogens is 346 g/mol. The van der Waals surface area contributed by atoms with Crippen LogP contribution in [0.3, 0.4) is 0 Å². The number of carbonyl (C=O) groups excluding carboxylic acids is 2. The van der Waals surface area contributed by atoms with Crippen molar-refractivity contribution in [2.24, 2.45) is 0 Å². The first-order valence-corrected chi connectivity index (χ1v) is 8.80. The smallest absolute Gasteiger partial charge is 0.407 e. The average Bonchev–Trinajstić information content (AvgIpc) is 2.66. The van der Waals surface area contributed by atoms with Crippen molar-refractivity contribution in [2.45, 2.75) is 39.1 Å². The predicted molar refractivity (Wildman–Crippen MR) is 101 cm³/mol. The minimum Gasteiger partial charge on any atom is -0.445 e. The highest BCUT2D eigenvalue weighted by atomic mass is 16.5. The Balaban J connectivity index is 1.81. The van der Waals surface area contributed by atoms with Crippen LogP contribution in [0.15, 0.2) is 48.5 Å². The Morgan fingerprint density at radius 1 is 1.11 bits per heavy atom. The lowest BCUT2D eigenvalue weighted by Gasteiger charge is -2.20. The molecule has 2 unspecified atom stereocenters. The van der Waals surface area contributed by atoms with Crippen LogP contribution in [-0.2, 0) is 11.3 Å². The second-order valence-electron chi connectivity index (χ2n) is 6.42. The number of hydrogen-bond donors (Lipinski definition) is 3. The Kier molecular flexibility index (Phi) is 7.52. The molecule has 2 rings (SSSR count). The molecule has 0 fully saturated rings. The summed E-state index contributed by atoms with van der Waals surface area (Å²) in [7, 11) is 0. The first-order valence-electron chi connectivity index (χ1n) is 8.80. The minimum absolute atomic E-state index is 0.110. The van der Waals surface area contributed by atoms with Gasteiger partial charge in [0.1, 0.15) is 12.7 Å². The van der Waals surface area contributed by atoms with Gasteiger partial charge in [0.25, 0.3) is 0 Å². The van der Waals surface area contributed by atoms with Crippen molar-refractivity contribution in [3.63, 3.8) is 0 Å². The highest BCUT2D eigenvalue weighted by molar-refractivity contribution is 5.94. The van der Waals surface area contributed by atoms with Crippen LogP contribution in [0.1, 0.15) is 46.5 Å². The summed E-state index contributed by atoms with van der Waals surface area (Å²) >= 11 is 0. The first-order chi connectivity index (χ1) is 12.9. The zero-order chi connectivity index (χ0) is 19.8. The number of ketones is 1. The van der Waals surface area contributed by atoms with Gasteiger partial charge < -0.3 is 20.3 Å². The maximum Gasteiger partial charge on any atom is 0.407 e. The summed E-state index contributed by atoms with van der Waals surface area (Å²) in [5.41, 5.74) is 2.64. The number of hydrogen-bond acceptors (Lipinski definition) is 5. The third kappa shape index (κ3) is 6.20. The van der Waals surface area contributed by atoms with Crippen LogP contribution in [0.5, 0.6) is 0 Å². The maximum atomic E-state index is 11.7. The van der Waals surface area contributed by atoms with Crippen LogP contribution in [0.4, 0.5) is 4.79 Å². The number of Topliss-reactive ketones (excluding diaryl/α,β-unsaturated/α-hetero) is 1. The number of nitrogens with one attached hydrogen (secondary N) is 1. The lowest BCUT2D eigenvalue weighted by Crippen LogP contribution is -2.30. The Hall–Kier alpha value is -2.70. The summed E-state index contributed by atoms with van der Waals surface area (Å²) in [6.45, 7) is 3.56. The summed E-state index contributed by atoms with van der Waals surface area (Å²) in [6.07, 6.45) is -2.67. The molecule has 27 heavy (non-hydrogen) atoms. The number of aryl methyl sites for hydroxylation is 1. The van der Waals surface area contributed by atoms with E-state index in [2.05, 4.69) is 5.32 Å². The molecule has 144 valence electrons. The Morgan fingerprint density at radius 3 is 2.48 bits per heavy atom. The first kappa shape index (κ1) is 20.6. The van der Waals surface area contributed by atoms with Crippen LogP contribution in [0, 0.1) is 6.92 Å². The van der Waals surface area contributed by atoms with Gasteiger partial charge in [-0.3, -0.25) is 4.79 Å². The largest absolute Gasteiger partial charge is 0.445 e. The molecule has 0 radical (unpaired) electrons. The van der Waals surface area contributed by atoms with Crippen LogP contribution >= 0.6 is 0 Å². The number of rotatable bonds is 8. The number of aliphatic hydroxyl groups excluding tert-OH is 2. The van der Waals surface area contributed by atoms with Crippen molar-refractivity contribution in [3.8, 4) is 0 Å². The number of ether oxygens (including phenoxy) is 1. The summed E-state index contributed by atoms with van der Waals surface area (Å²) in [4.78, 5) is 23.2.